The van der Waals surface area contributed by atoms with Crippen LogP contribution in [0.15, 0.2) is 0 Å². The molecule has 6 heteroatoms. The third-order valence-electron chi connectivity index (χ3n) is 2.81. The van der Waals surface area contributed by atoms with Gasteiger partial charge in [-0.3, -0.25) is 4.79 Å². The molecular formula is C10H17BrF3NO. The Labute approximate surface area is 102 Å². The molecule has 0 bridgehead atoms. The normalized spacial score (nSPS) is 12.6. The molecule has 0 radical (unpaired) electrons. The number of carbonyl (C=O) groups is 1. The molecule has 0 aliphatic heterocycles. The highest BCUT2D eigenvalue weighted by molar-refractivity contribution is 9.09. The van der Waals surface area contributed by atoms with Gasteiger partial charge in [0.1, 0.15) is 6.42 Å². The van der Waals surface area contributed by atoms with Crippen molar-refractivity contribution in [2.75, 3.05) is 11.9 Å². The summed E-state index contributed by atoms with van der Waals surface area (Å²) in [5.74, 6) is -0.959. The van der Waals surface area contributed by atoms with Crippen LogP contribution in [0.25, 0.3) is 0 Å². The molecule has 1 amide bonds. The molecule has 16 heavy (non-hydrogen) atoms. The second-order valence-corrected chi connectivity index (χ2v) is 4.47. The van der Waals surface area contributed by atoms with Gasteiger partial charge in [0.2, 0.25) is 5.91 Å². The van der Waals surface area contributed by atoms with Crippen molar-refractivity contribution in [1.82, 2.24) is 5.32 Å². The maximum atomic E-state index is 11.9. The summed E-state index contributed by atoms with van der Waals surface area (Å²) in [6, 6.07) is 0. The van der Waals surface area contributed by atoms with Gasteiger partial charge >= 0.3 is 6.18 Å². The van der Waals surface area contributed by atoms with E-state index in [0.717, 1.165) is 12.8 Å². The van der Waals surface area contributed by atoms with E-state index in [4.69, 9.17) is 0 Å². The summed E-state index contributed by atoms with van der Waals surface area (Å²) in [6.45, 7) is 4.20. The van der Waals surface area contributed by atoms with E-state index in [-0.39, 0.29) is 12.0 Å². The fourth-order valence-electron chi connectivity index (χ4n) is 1.27. The Bertz CT molecular complexity index is 218. The minimum atomic E-state index is -4.43. The van der Waals surface area contributed by atoms with Crippen molar-refractivity contribution in [2.45, 2.75) is 39.3 Å². The molecule has 0 atom stereocenters. The first-order valence-electron chi connectivity index (χ1n) is 5.18. The van der Waals surface area contributed by atoms with Crippen LogP contribution in [0.3, 0.4) is 0 Å². The van der Waals surface area contributed by atoms with Gasteiger partial charge in [0, 0.05) is 11.9 Å². The van der Waals surface area contributed by atoms with Crippen LogP contribution in [0.1, 0.15) is 33.1 Å². The fraction of sp³-hybridized carbons (Fsp3) is 0.900. The van der Waals surface area contributed by atoms with Crippen molar-refractivity contribution >= 4 is 21.8 Å². The molecule has 0 aromatic heterocycles. The summed E-state index contributed by atoms with van der Waals surface area (Å²) in [7, 11) is 0. The number of hydrogen-bond acceptors (Lipinski definition) is 1. The molecule has 2 nitrogen and oxygen atoms in total. The number of hydrogen-bond donors (Lipinski definition) is 1. The van der Waals surface area contributed by atoms with Crippen molar-refractivity contribution in [2.24, 2.45) is 5.41 Å². The van der Waals surface area contributed by atoms with E-state index in [2.05, 4.69) is 21.2 Å². The average molecular weight is 304 g/mol. The Morgan fingerprint density at radius 2 is 1.75 bits per heavy atom. The smallest absolute Gasteiger partial charge is 0.355 e. The summed E-state index contributed by atoms with van der Waals surface area (Å²) in [6.07, 6.45) is -4.22. The van der Waals surface area contributed by atoms with Crippen molar-refractivity contribution in [1.29, 1.82) is 0 Å². The molecule has 0 saturated heterocycles. The Morgan fingerprint density at radius 3 is 2.06 bits per heavy atom. The SMILES string of the molecule is CCC(CC)(CBr)CNC(=O)CC(F)(F)F. The van der Waals surface area contributed by atoms with Gasteiger partial charge in [0.15, 0.2) is 0 Å². The van der Waals surface area contributed by atoms with Crippen molar-refractivity contribution < 1.29 is 18.0 Å². The number of carbonyl (C=O) groups excluding carboxylic acids is 1. The van der Waals surface area contributed by atoms with E-state index in [9.17, 15) is 18.0 Å². The summed E-state index contributed by atoms with van der Waals surface area (Å²) < 4.78 is 35.7. The Kier molecular flexibility index (Phi) is 6.36. The molecule has 0 heterocycles. The van der Waals surface area contributed by atoms with Gasteiger partial charge in [0.05, 0.1) is 0 Å². The molecule has 0 aliphatic rings. The van der Waals surface area contributed by atoms with Gasteiger partial charge in [-0.05, 0) is 18.3 Å². The van der Waals surface area contributed by atoms with Crippen LogP contribution in [-0.2, 0) is 4.79 Å². The molecule has 0 aliphatic carbocycles. The maximum absolute atomic E-state index is 11.9. The third-order valence-corrected chi connectivity index (χ3v) is 3.99. The van der Waals surface area contributed by atoms with Gasteiger partial charge in [-0.25, -0.2) is 0 Å². The Hall–Kier alpha value is -0.260. The second-order valence-electron chi connectivity index (χ2n) is 3.91. The van der Waals surface area contributed by atoms with Crippen LogP contribution >= 0.6 is 15.9 Å². The van der Waals surface area contributed by atoms with Gasteiger partial charge < -0.3 is 5.32 Å². The highest BCUT2D eigenvalue weighted by Gasteiger charge is 2.32. The second kappa shape index (κ2) is 6.47. The molecule has 1 N–H and O–H groups in total. The minimum Gasteiger partial charge on any atom is -0.355 e. The number of amides is 1. The largest absolute Gasteiger partial charge is 0.397 e. The molecule has 0 aromatic carbocycles. The number of alkyl halides is 4. The average Bonchev–Trinajstić information content (AvgIpc) is 2.18. The molecule has 0 aromatic rings. The predicted molar refractivity (Wildman–Crippen MR) is 60.5 cm³/mol. The van der Waals surface area contributed by atoms with E-state index in [1.807, 2.05) is 13.8 Å². The van der Waals surface area contributed by atoms with Gasteiger partial charge in [-0.15, -0.1) is 0 Å². The monoisotopic (exact) mass is 303 g/mol. The van der Waals surface area contributed by atoms with E-state index in [0.29, 0.717) is 5.33 Å². The lowest BCUT2D eigenvalue weighted by Crippen LogP contribution is -2.39. The number of halogens is 4. The first kappa shape index (κ1) is 15.7. The molecule has 0 saturated carbocycles. The van der Waals surface area contributed by atoms with Gasteiger partial charge in [0.25, 0.3) is 0 Å². The molecule has 0 unspecified atom stereocenters. The lowest BCUT2D eigenvalue weighted by molar-refractivity contribution is -0.154. The van der Waals surface area contributed by atoms with Crippen LogP contribution in [0, 0.1) is 5.41 Å². The van der Waals surface area contributed by atoms with E-state index in [1.54, 1.807) is 0 Å². The van der Waals surface area contributed by atoms with Gasteiger partial charge in [-0.2, -0.15) is 13.2 Å². The van der Waals surface area contributed by atoms with Crippen molar-refractivity contribution in [3.05, 3.63) is 0 Å². The molecule has 0 spiro atoms. The lowest BCUT2D eigenvalue weighted by Gasteiger charge is -2.29. The van der Waals surface area contributed by atoms with E-state index < -0.39 is 18.5 Å². The fourth-order valence-corrected chi connectivity index (χ4v) is 2.26. The highest BCUT2D eigenvalue weighted by atomic mass is 79.9. The quantitative estimate of drug-likeness (QED) is 0.750. The standard InChI is InChI=1S/C10H17BrF3NO/c1-3-9(4-2,6-11)7-15-8(16)5-10(12,13)14/h3-7H2,1-2H3,(H,15,16). The van der Waals surface area contributed by atoms with Crippen LogP contribution in [-0.4, -0.2) is 24.0 Å². The summed E-state index contributed by atoms with van der Waals surface area (Å²) >= 11 is 3.33. The molecular weight excluding hydrogens is 287 g/mol. The number of rotatable bonds is 6. The van der Waals surface area contributed by atoms with Crippen LogP contribution in [0.5, 0.6) is 0 Å². The zero-order valence-corrected chi connectivity index (χ0v) is 11.0. The first-order valence-corrected chi connectivity index (χ1v) is 6.30. The summed E-state index contributed by atoms with van der Waals surface area (Å²) in [5, 5.41) is 3.01. The van der Waals surface area contributed by atoms with E-state index >= 15 is 0 Å². The topological polar surface area (TPSA) is 29.1 Å². The van der Waals surface area contributed by atoms with Crippen LogP contribution in [0.4, 0.5) is 13.2 Å². The Balaban J connectivity index is 4.17. The lowest BCUT2D eigenvalue weighted by atomic mass is 9.84. The highest BCUT2D eigenvalue weighted by Crippen LogP contribution is 2.28. The first-order chi connectivity index (χ1) is 7.28. The predicted octanol–water partition coefficient (Wildman–Crippen LogP) is 3.26. The van der Waals surface area contributed by atoms with Crippen LogP contribution < -0.4 is 5.32 Å². The molecule has 96 valence electrons. The third kappa shape index (κ3) is 5.72. The molecule has 0 rings (SSSR count). The number of nitrogens with one attached hydrogen (secondary N) is 1. The van der Waals surface area contributed by atoms with Crippen LogP contribution in [0.2, 0.25) is 0 Å². The van der Waals surface area contributed by atoms with E-state index in [1.165, 1.54) is 0 Å². The van der Waals surface area contributed by atoms with Crippen molar-refractivity contribution in [3.8, 4) is 0 Å². The minimum absolute atomic E-state index is 0.152. The van der Waals surface area contributed by atoms with Gasteiger partial charge in [-0.1, -0.05) is 29.8 Å². The maximum Gasteiger partial charge on any atom is 0.397 e. The molecule has 0 fully saturated rings. The zero-order valence-electron chi connectivity index (χ0n) is 9.46. The zero-order chi connectivity index (χ0) is 12.8. The summed E-state index contributed by atoms with van der Waals surface area (Å²) in [5.41, 5.74) is -0.152. The van der Waals surface area contributed by atoms with Crippen molar-refractivity contribution in [3.63, 3.8) is 0 Å². The Morgan fingerprint density at radius 1 is 1.25 bits per heavy atom. The summed E-state index contributed by atoms with van der Waals surface area (Å²) in [4.78, 5) is 11.0.